The Morgan fingerprint density at radius 3 is 2.83 bits per heavy atom. The van der Waals surface area contributed by atoms with E-state index >= 15 is 0 Å². The van der Waals surface area contributed by atoms with Crippen molar-refractivity contribution in [1.29, 1.82) is 0 Å². The van der Waals surface area contributed by atoms with Crippen LogP contribution in [-0.2, 0) is 0 Å². The number of carbonyl (C=O) groups excluding carboxylic acids is 1. The number of aromatic nitrogens is 1. The second-order valence-corrected chi connectivity index (χ2v) is 4.78. The van der Waals surface area contributed by atoms with Gasteiger partial charge in [0.25, 0.3) is 5.91 Å². The van der Waals surface area contributed by atoms with Gasteiger partial charge in [0.1, 0.15) is 5.56 Å². The van der Waals surface area contributed by atoms with Crippen molar-refractivity contribution in [1.82, 2.24) is 4.98 Å². The molecule has 0 bridgehead atoms. The first-order valence-corrected chi connectivity index (χ1v) is 6.78. The first kappa shape index (κ1) is 15.9. The number of halogens is 3. The van der Waals surface area contributed by atoms with Gasteiger partial charge in [-0.25, -0.2) is 4.98 Å². The fourth-order valence-corrected chi connectivity index (χ4v) is 2.00. The number of benzene rings is 1. The molecule has 0 atom stereocenters. The average Bonchev–Trinajstić information content (AvgIpc) is 3.00. The second kappa shape index (κ2) is 6.26. The summed E-state index contributed by atoms with van der Waals surface area (Å²) in [5, 5.41) is 2.55. The molecular formula is C15H11F3N2O4. The summed E-state index contributed by atoms with van der Waals surface area (Å²) in [6.45, 7) is -1.45. The highest BCUT2D eigenvalue weighted by molar-refractivity contribution is 6.05. The van der Waals surface area contributed by atoms with Crippen molar-refractivity contribution in [3.63, 3.8) is 0 Å². The summed E-state index contributed by atoms with van der Waals surface area (Å²) in [5.41, 5.74) is 0.286. The number of ether oxygens (including phenoxy) is 3. The number of alkyl halides is 3. The zero-order chi connectivity index (χ0) is 17.2. The molecule has 1 aromatic carbocycles. The molecule has 9 heteroatoms. The Morgan fingerprint density at radius 1 is 1.25 bits per heavy atom. The zero-order valence-electron chi connectivity index (χ0n) is 12.1. The van der Waals surface area contributed by atoms with Crippen molar-refractivity contribution in [2.24, 2.45) is 0 Å². The minimum absolute atomic E-state index is 0.0881. The van der Waals surface area contributed by atoms with Crippen LogP contribution >= 0.6 is 0 Å². The monoisotopic (exact) mass is 340 g/mol. The van der Waals surface area contributed by atoms with E-state index < -0.39 is 24.6 Å². The van der Waals surface area contributed by atoms with Crippen molar-refractivity contribution in [3.8, 4) is 17.4 Å². The lowest BCUT2D eigenvalue weighted by Crippen LogP contribution is -2.21. The smallest absolute Gasteiger partial charge is 0.422 e. The molecular weight excluding hydrogens is 329 g/mol. The van der Waals surface area contributed by atoms with Gasteiger partial charge in [-0.05, 0) is 24.3 Å². The van der Waals surface area contributed by atoms with E-state index in [2.05, 4.69) is 15.0 Å². The number of anilines is 1. The van der Waals surface area contributed by atoms with Crippen LogP contribution in [0.5, 0.6) is 17.4 Å². The summed E-state index contributed by atoms with van der Waals surface area (Å²) in [6.07, 6.45) is -3.29. The lowest BCUT2D eigenvalue weighted by Gasteiger charge is -2.12. The van der Waals surface area contributed by atoms with Crippen LogP contribution in [0.1, 0.15) is 10.4 Å². The number of hydrogen-bond acceptors (Lipinski definition) is 5. The number of amides is 1. The van der Waals surface area contributed by atoms with E-state index in [4.69, 9.17) is 9.47 Å². The van der Waals surface area contributed by atoms with Gasteiger partial charge in [-0.2, -0.15) is 13.2 Å². The summed E-state index contributed by atoms with van der Waals surface area (Å²) in [5.74, 6) is -0.0386. The largest absolute Gasteiger partial charge is 0.467 e. The third kappa shape index (κ3) is 3.67. The Morgan fingerprint density at radius 2 is 2.04 bits per heavy atom. The van der Waals surface area contributed by atoms with Gasteiger partial charge in [0, 0.05) is 18.0 Å². The molecule has 6 nitrogen and oxygen atoms in total. The van der Waals surface area contributed by atoms with Crippen molar-refractivity contribution < 1.29 is 32.2 Å². The van der Waals surface area contributed by atoms with Gasteiger partial charge < -0.3 is 19.5 Å². The molecule has 0 saturated heterocycles. The third-order valence-electron chi connectivity index (χ3n) is 3.02. The van der Waals surface area contributed by atoms with Crippen LogP contribution in [0.25, 0.3) is 0 Å². The maximum atomic E-state index is 12.3. The van der Waals surface area contributed by atoms with Gasteiger partial charge in [-0.1, -0.05) is 0 Å². The van der Waals surface area contributed by atoms with E-state index in [1.807, 2.05) is 0 Å². The number of carbonyl (C=O) groups is 1. The highest BCUT2D eigenvalue weighted by Gasteiger charge is 2.29. The van der Waals surface area contributed by atoms with Gasteiger partial charge in [-0.3, -0.25) is 4.79 Å². The highest BCUT2D eigenvalue weighted by Crippen LogP contribution is 2.34. The summed E-state index contributed by atoms with van der Waals surface area (Å²) in [4.78, 5) is 15.9. The number of rotatable bonds is 4. The molecule has 0 aliphatic carbocycles. The number of pyridine rings is 1. The van der Waals surface area contributed by atoms with Crippen LogP contribution in [0.4, 0.5) is 18.9 Å². The summed E-state index contributed by atoms with van der Waals surface area (Å²) >= 11 is 0. The zero-order valence-corrected chi connectivity index (χ0v) is 12.1. The average molecular weight is 340 g/mol. The summed E-state index contributed by atoms with van der Waals surface area (Å²) in [6, 6.07) is 7.49. The van der Waals surface area contributed by atoms with E-state index in [9.17, 15) is 18.0 Å². The molecule has 0 saturated carbocycles. The van der Waals surface area contributed by atoms with E-state index in [0.717, 1.165) is 0 Å². The van der Waals surface area contributed by atoms with Crippen molar-refractivity contribution in [2.45, 2.75) is 6.18 Å². The second-order valence-electron chi connectivity index (χ2n) is 4.78. The topological polar surface area (TPSA) is 69.7 Å². The van der Waals surface area contributed by atoms with Crippen LogP contribution in [-0.4, -0.2) is 30.5 Å². The van der Waals surface area contributed by atoms with Gasteiger partial charge in [-0.15, -0.1) is 0 Å². The summed E-state index contributed by atoms with van der Waals surface area (Å²) in [7, 11) is 0. The normalized spacial score (nSPS) is 12.8. The number of nitrogens with zero attached hydrogens (tertiary/aromatic N) is 1. The molecule has 0 radical (unpaired) electrons. The van der Waals surface area contributed by atoms with Gasteiger partial charge in [0.05, 0.1) is 0 Å². The SMILES string of the molecule is O=C(Nc1ccc2c(c1)OCO2)c1cccnc1OCC(F)(F)F. The van der Waals surface area contributed by atoms with Gasteiger partial charge in [0.2, 0.25) is 12.7 Å². The minimum Gasteiger partial charge on any atom is -0.467 e. The predicted octanol–water partition coefficient (Wildman–Crippen LogP) is 3.00. The molecule has 0 fully saturated rings. The molecule has 2 heterocycles. The van der Waals surface area contributed by atoms with E-state index in [1.54, 1.807) is 18.2 Å². The van der Waals surface area contributed by atoms with E-state index in [0.29, 0.717) is 17.2 Å². The molecule has 1 aliphatic heterocycles. The van der Waals surface area contributed by atoms with Crippen molar-refractivity contribution in [3.05, 3.63) is 42.1 Å². The fourth-order valence-electron chi connectivity index (χ4n) is 2.00. The van der Waals surface area contributed by atoms with Crippen LogP contribution in [0.3, 0.4) is 0 Å². The van der Waals surface area contributed by atoms with Crippen LogP contribution < -0.4 is 19.5 Å². The van der Waals surface area contributed by atoms with Crippen LogP contribution in [0.2, 0.25) is 0 Å². The Bertz CT molecular complexity index is 765. The molecule has 24 heavy (non-hydrogen) atoms. The molecule has 0 spiro atoms. The molecule has 1 amide bonds. The lowest BCUT2D eigenvalue weighted by atomic mass is 10.2. The quantitative estimate of drug-likeness (QED) is 0.927. The van der Waals surface area contributed by atoms with Crippen molar-refractivity contribution >= 4 is 11.6 Å². The standard InChI is InChI=1S/C15H11F3N2O4/c16-15(17,18)7-22-14-10(2-1-5-19-14)13(21)20-9-3-4-11-12(6-9)24-8-23-11/h1-6H,7-8H2,(H,20,21). The minimum atomic E-state index is -4.53. The molecule has 2 aromatic rings. The first-order valence-electron chi connectivity index (χ1n) is 6.78. The van der Waals surface area contributed by atoms with E-state index in [1.165, 1.54) is 18.3 Å². The fraction of sp³-hybridized carbons (Fsp3) is 0.200. The van der Waals surface area contributed by atoms with Gasteiger partial charge >= 0.3 is 6.18 Å². The number of hydrogen-bond donors (Lipinski definition) is 1. The Balaban J connectivity index is 1.75. The highest BCUT2D eigenvalue weighted by atomic mass is 19.4. The Hall–Kier alpha value is -2.97. The van der Waals surface area contributed by atoms with Gasteiger partial charge in [0.15, 0.2) is 18.1 Å². The lowest BCUT2D eigenvalue weighted by molar-refractivity contribution is -0.154. The van der Waals surface area contributed by atoms with Crippen LogP contribution in [0, 0.1) is 0 Å². The molecule has 1 N–H and O–H groups in total. The maximum Gasteiger partial charge on any atom is 0.422 e. The predicted molar refractivity (Wildman–Crippen MR) is 76.3 cm³/mol. The summed E-state index contributed by atoms with van der Waals surface area (Å²) < 4.78 is 51.7. The molecule has 0 unspecified atom stereocenters. The molecule has 1 aromatic heterocycles. The Labute approximate surface area is 134 Å². The molecule has 126 valence electrons. The first-order chi connectivity index (χ1) is 11.4. The molecule has 1 aliphatic rings. The number of nitrogens with one attached hydrogen (secondary N) is 1. The van der Waals surface area contributed by atoms with E-state index in [-0.39, 0.29) is 12.4 Å². The van der Waals surface area contributed by atoms with Crippen molar-refractivity contribution in [2.75, 3.05) is 18.7 Å². The number of fused-ring (bicyclic) bond motifs is 1. The Kier molecular flexibility index (Phi) is 4.15. The third-order valence-corrected chi connectivity index (χ3v) is 3.02. The maximum absolute atomic E-state index is 12.3. The van der Waals surface area contributed by atoms with Crippen LogP contribution in [0.15, 0.2) is 36.5 Å². The molecule has 3 rings (SSSR count).